The van der Waals surface area contributed by atoms with E-state index in [4.69, 9.17) is 9.84 Å². The lowest BCUT2D eigenvalue weighted by Crippen LogP contribution is -2.36. The molecule has 0 bridgehead atoms. The highest BCUT2D eigenvalue weighted by atomic mass is 16.5. The van der Waals surface area contributed by atoms with Gasteiger partial charge in [-0.1, -0.05) is 30.3 Å². The quantitative estimate of drug-likeness (QED) is 0.801. The molecule has 0 aliphatic carbocycles. The predicted octanol–water partition coefficient (Wildman–Crippen LogP) is 0.929. The highest BCUT2D eigenvalue weighted by molar-refractivity contribution is 5.72. The second-order valence-corrected chi connectivity index (χ2v) is 3.52. The van der Waals surface area contributed by atoms with Gasteiger partial charge in [0.25, 0.3) is 0 Å². The summed E-state index contributed by atoms with van der Waals surface area (Å²) in [7, 11) is 0. The molecule has 0 aromatic heterocycles. The van der Waals surface area contributed by atoms with Gasteiger partial charge in [-0.2, -0.15) is 0 Å². The minimum atomic E-state index is -0.913. The molecule has 1 atom stereocenters. The standard InChI is InChI=1S/C11H13NO3/c13-11(14)10-12(6-7-15-10)8-9-4-2-1-3-5-9/h1-5,10H,6-8H2,(H,13,14). The maximum atomic E-state index is 10.8. The van der Waals surface area contributed by atoms with Crippen molar-refractivity contribution in [1.82, 2.24) is 4.90 Å². The molecule has 1 aliphatic rings. The van der Waals surface area contributed by atoms with Crippen molar-refractivity contribution >= 4 is 5.97 Å². The Morgan fingerprint density at radius 1 is 1.47 bits per heavy atom. The number of carboxylic acid groups (broad SMARTS) is 1. The van der Waals surface area contributed by atoms with Crippen LogP contribution in [0.25, 0.3) is 0 Å². The van der Waals surface area contributed by atoms with Crippen LogP contribution in [0.2, 0.25) is 0 Å². The average molecular weight is 207 g/mol. The van der Waals surface area contributed by atoms with E-state index in [1.165, 1.54) is 0 Å². The first-order valence-electron chi connectivity index (χ1n) is 4.90. The average Bonchev–Trinajstić information content (AvgIpc) is 2.67. The van der Waals surface area contributed by atoms with E-state index in [0.717, 1.165) is 5.56 Å². The molecule has 4 nitrogen and oxygen atoms in total. The van der Waals surface area contributed by atoms with Gasteiger partial charge in [-0.3, -0.25) is 4.90 Å². The maximum Gasteiger partial charge on any atom is 0.348 e. The Morgan fingerprint density at radius 3 is 2.87 bits per heavy atom. The minimum absolute atomic E-state index is 0.490. The van der Waals surface area contributed by atoms with Gasteiger partial charge in [0.15, 0.2) is 0 Å². The first-order valence-corrected chi connectivity index (χ1v) is 4.90. The number of carboxylic acids is 1. The third kappa shape index (κ3) is 2.34. The molecule has 1 saturated heterocycles. The summed E-state index contributed by atoms with van der Waals surface area (Å²) in [6, 6.07) is 9.80. The Bertz CT molecular complexity index is 339. The van der Waals surface area contributed by atoms with Gasteiger partial charge in [0.2, 0.25) is 6.23 Å². The molecule has 15 heavy (non-hydrogen) atoms. The van der Waals surface area contributed by atoms with E-state index in [2.05, 4.69) is 0 Å². The van der Waals surface area contributed by atoms with Crippen LogP contribution in [-0.4, -0.2) is 35.4 Å². The van der Waals surface area contributed by atoms with Crippen LogP contribution in [0.3, 0.4) is 0 Å². The molecule has 1 unspecified atom stereocenters. The van der Waals surface area contributed by atoms with Gasteiger partial charge in [0.1, 0.15) is 0 Å². The van der Waals surface area contributed by atoms with Gasteiger partial charge in [-0.15, -0.1) is 0 Å². The first-order chi connectivity index (χ1) is 7.27. The summed E-state index contributed by atoms with van der Waals surface area (Å²) in [5.74, 6) is -0.913. The van der Waals surface area contributed by atoms with Crippen LogP contribution in [0.4, 0.5) is 0 Å². The summed E-state index contributed by atoms with van der Waals surface area (Å²) in [4.78, 5) is 12.7. The molecule has 1 aliphatic heterocycles. The van der Waals surface area contributed by atoms with Crippen LogP contribution in [0.5, 0.6) is 0 Å². The largest absolute Gasteiger partial charge is 0.478 e. The molecule has 0 saturated carbocycles. The second-order valence-electron chi connectivity index (χ2n) is 3.52. The SMILES string of the molecule is O=C(O)C1OCCN1Cc1ccccc1. The molecule has 1 N–H and O–H groups in total. The minimum Gasteiger partial charge on any atom is -0.478 e. The molecule has 80 valence electrons. The summed E-state index contributed by atoms with van der Waals surface area (Å²) in [6.45, 7) is 1.79. The summed E-state index contributed by atoms with van der Waals surface area (Å²) >= 11 is 0. The van der Waals surface area contributed by atoms with E-state index in [9.17, 15) is 4.79 Å². The smallest absolute Gasteiger partial charge is 0.348 e. The van der Waals surface area contributed by atoms with Crippen LogP contribution in [0.1, 0.15) is 5.56 Å². The first kappa shape index (κ1) is 10.1. The van der Waals surface area contributed by atoms with E-state index in [-0.39, 0.29) is 0 Å². The fourth-order valence-electron chi connectivity index (χ4n) is 1.71. The fraction of sp³-hybridized carbons (Fsp3) is 0.364. The lowest BCUT2D eigenvalue weighted by molar-refractivity contribution is -0.154. The zero-order valence-corrected chi connectivity index (χ0v) is 8.30. The molecule has 4 heteroatoms. The highest BCUT2D eigenvalue weighted by Crippen LogP contribution is 2.14. The zero-order valence-electron chi connectivity index (χ0n) is 8.30. The van der Waals surface area contributed by atoms with E-state index in [0.29, 0.717) is 19.7 Å². The normalized spacial score (nSPS) is 21.7. The van der Waals surface area contributed by atoms with Crippen LogP contribution in [0.15, 0.2) is 30.3 Å². The van der Waals surface area contributed by atoms with E-state index in [1.54, 1.807) is 0 Å². The number of benzene rings is 1. The summed E-state index contributed by atoms with van der Waals surface area (Å²) in [6.07, 6.45) is -0.787. The van der Waals surface area contributed by atoms with Gasteiger partial charge in [-0.05, 0) is 5.56 Å². The van der Waals surface area contributed by atoms with Gasteiger partial charge in [0, 0.05) is 13.1 Å². The number of carbonyl (C=O) groups is 1. The molecular weight excluding hydrogens is 194 g/mol. The Kier molecular flexibility index (Phi) is 2.99. The van der Waals surface area contributed by atoms with Crippen molar-refractivity contribution < 1.29 is 14.6 Å². The number of rotatable bonds is 3. The van der Waals surface area contributed by atoms with E-state index in [1.807, 2.05) is 35.2 Å². The van der Waals surface area contributed by atoms with Crippen LogP contribution in [0, 0.1) is 0 Å². The second kappa shape index (κ2) is 4.42. The van der Waals surface area contributed by atoms with Crippen LogP contribution < -0.4 is 0 Å². The lowest BCUT2D eigenvalue weighted by atomic mass is 10.2. The third-order valence-corrected chi connectivity index (χ3v) is 2.43. The Morgan fingerprint density at radius 2 is 2.20 bits per heavy atom. The number of aliphatic carboxylic acids is 1. The molecule has 1 aromatic rings. The highest BCUT2D eigenvalue weighted by Gasteiger charge is 2.31. The molecule has 1 fully saturated rings. The van der Waals surface area contributed by atoms with Crippen molar-refractivity contribution in [2.75, 3.05) is 13.2 Å². The monoisotopic (exact) mass is 207 g/mol. The Hall–Kier alpha value is -1.39. The lowest BCUT2D eigenvalue weighted by Gasteiger charge is -2.18. The van der Waals surface area contributed by atoms with E-state index < -0.39 is 12.2 Å². The van der Waals surface area contributed by atoms with Gasteiger partial charge < -0.3 is 9.84 Å². The molecule has 0 spiro atoms. The molecule has 1 aromatic carbocycles. The van der Waals surface area contributed by atoms with Crippen LogP contribution >= 0.6 is 0 Å². The molecule has 2 rings (SSSR count). The van der Waals surface area contributed by atoms with E-state index >= 15 is 0 Å². The maximum absolute atomic E-state index is 10.8. The molecule has 0 amide bonds. The number of hydrogen-bond acceptors (Lipinski definition) is 3. The van der Waals surface area contributed by atoms with Crippen molar-refractivity contribution in [3.63, 3.8) is 0 Å². The predicted molar refractivity (Wildman–Crippen MR) is 54.2 cm³/mol. The van der Waals surface area contributed by atoms with Gasteiger partial charge in [-0.25, -0.2) is 4.79 Å². The zero-order chi connectivity index (χ0) is 10.7. The summed E-state index contributed by atoms with van der Waals surface area (Å²) in [5, 5.41) is 8.90. The molecule has 0 radical (unpaired) electrons. The summed E-state index contributed by atoms with van der Waals surface area (Å²) < 4.78 is 5.13. The third-order valence-electron chi connectivity index (χ3n) is 2.43. The Balaban J connectivity index is 2.03. The van der Waals surface area contributed by atoms with Gasteiger partial charge >= 0.3 is 5.97 Å². The van der Waals surface area contributed by atoms with Crippen molar-refractivity contribution in [3.05, 3.63) is 35.9 Å². The Labute approximate surface area is 88.1 Å². The summed E-state index contributed by atoms with van der Waals surface area (Å²) in [5.41, 5.74) is 1.11. The molecular formula is C11H13NO3. The number of nitrogens with zero attached hydrogens (tertiary/aromatic N) is 1. The van der Waals surface area contributed by atoms with Gasteiger partial charge in [0.05, 0.1) is 6.61 Å². The van der Waals surface area contributed by atoms with Crippen molar-refractivity contribution in [1.29, 1.82) is 0 Å². The van der Waals surface area contributed by atoms with Crippen molar-refractivity contribution in [3.8, 4) is 0 Å². The van der Waals surface area contributed by atoms with Crippen LogP contribution in [-0.2, 0) is 16.1 Å². The number of hydrogen-bond donors (Lipinski definition) is 1. The fourth-order valence-corrected chi connectivity index (χ4v) is 1.71. The molecule has 1 heterocycles. The van der Waals surface area contributed by atoms with Crippen molar-refractivity contribution in [2.24, 2.45) is 0 Å². The topological polar surface area (TPSA) is 49.8 Å². The number of ether oxygens (including phenoxy) is 1. The van der Waals surface area contributed by atoms with Crippen molar-refractivity contribution in [2.45, 2.75) is 12.8 Å².